The second-order valence-electron chi connectivity index (χ2n) is 5.44. The van der Waals surface area contributed by atoms with E-state index in [4.69, 9.17) is 4.42 Å². The van der Waals surface area contributed by atoms with E-state index in [2.05, 4.69) is 0 Å². The van der Waals surface area contributed by atoms with Crippen LogP contribution >= 0.6 is 0 Å². The summed E-state index contributed by atoms with van der Waals surface area (Å²) in [6, 6.07) is 17.8. The van der Waals surface area contributed by atoms with Gasteiger partial charge in [-0.3, -0.25) is 0 Å². The minimum atomic E-state index is -3.62. The van der Waals surface area contributed by atoms with Crippen LogP contribution in [0.3, 0.4) is 0 Å². The average molecular weight is 326 g/mol. The molecule has 0 amide bonds. The van der Waals surface area contributed by atoms with E-state index < -0.39 is 9.84 Å². The van der Waals surface area contributed by atoms with Crippen LogP contribution in [-0.2, 0) is 16.3 Å². The SMILES string of the molecule is CCc1cc(S(=O)(=O)c2ccc(C)cc2)c(-c2ccccc2)o1. The molecule has 0 saturated heterocycles. The average Bonchev–Trinajstić information content (AvgIpc) is 3.01. The predicted molar refractivity (Wildman–Crippen MR) is 90.2 cm³/mol. The van der Waals surface area contributed by atoms with E-state index in [1.165, 1.54) is 0 Å². The minimum absolute atomic E-state index is 0.226. The smallest absolute Gasteiger partial charge is 0.210 e. The van der Waals surface area contributed by atoms with Crippen LogP contribution in [0.15, 0.2) is 74.9 Å². The van der Waals surface area contributed by atoms with Crippen molar-refractivity contribution in [2.45, 2.75) is 30.1 Å². The molecule has 0 radical (unpaired) electrons. The molecule has 1 aromatic heterocycles. The molecular weight excluding hydrogens is 308 g/mol. The largest absolute Gasteiger partial charge is 0.460 e. The summed E-state index contributed by atoms with van der Waals surface area (Å²) >= 11 is 0. The van der Waals surface area contributed by atoms with E-state index in [1.54, 1.807) is 30.3 Å². The Hall–Kier alpha value is -2.33. The van der Waals surface area contributed by atoms with Crippen molar-refractivity contribution in [2.75, 3.05) is 0 Å². The normalized spacial score (nSPS) is 11.6. The molecule has 0 aliphatic rings. The first-order valence-electron chi connectivity index (χ1n) is 7.52. The second kappa shape index (κ2) is 6.05. The van der Waals surface area contributed by atoms with E-state index in [0.717, 1.165) is 11.1 Å². The fraction of sp³-hybridized carbons (Fsp3) is 0.158. The molecule has 3 nitrogen and oxygen atoms in total. The van der Waals surface area contributed by atoms with Crippen molar-refractivity contribution in [1.29, 1.82) is 0 Å². The second-order valence-corrected chi connectivity index (χ2v) is 7.36. The number of hydrogen-bond donors (Lipinski definition) is 0. The van der Waals surface area contributed by atoms with Crippen LogP contribution in [0.5, 0.6) is 0 Å². The summed E-state index contributed by atoms with van der Waals surface area (Å²) in [5.74, 6) is 1.07. The van der Waals surface area contributed by atoms with Crippen molar-refractivity contribution < 1.29 is 12.8 Å². The lowest BCUT2D eigenvalue weighted by Crippen LogP contribution is -2.02. The lowest BCUT2D eigenvalue weighted by molar-refractivity contribution is 0.525. The molecule has 0 spiro atoms. The molecule has 0 aliphatic carbocycles. The molecule has 1 heterocycles. The Morgan fingerprint density at radius 1 is 0.957 bits per heavy atom. The highest BCUT2D eigenvalue weighted by Gasteiger charge is 2.26. The van der Waals surface area contributed by atoms with Crippen LogP contribution in [0.4, 0.5) is 0 Å². The molecule has 2 aromatic carbocycles. The van der Waals surface area contributed by atoms with Gasteiger partial charge in [-0.2, -0.15) is 0 Å². The first-order chi connectivity index (χ1) is 11.0. The third-order valence-electron chi connectivity index (χ3n) is 3.75. The molecule has 0 N–H and O–H groups in total. The fourth-order valence-corrected chi connectivity index (χ4v) is 3.87. The summed E-state index contributed by atoms with van der Waals surface area (Å²) < 4.78 is 31.8. The minimum Gasteiger partial charge on any atom is -0.460 e. The molecule has 0 unspecified atom stereocenters. The molecule has 0 aliphatic heterocycles. The Morgan fingerprint density at radius 3 is 2.22 bits per heavy atom. The van der Waals surface area contributed by atoms with E-state index in [9.17, 15) is 8.42 Å². The van der Waals surface area contributed by atoms with Crippen LogP contribution in [-0.4, -0.2) is 8.42 Å². The molecule has 0 fully saturated rings. The zero-order chi connectivity index (χ0) is 16.4. The third kappa shape index (κ3) is 2.94. The number of benzene rings is 2. The summed E-state index contributed by atoms with van der Waals surface area (Å²) in [7, 11) is -3.62. The van der Waals surface area contributed by atoms with E-state index >= 15 is 0 Å². The van der Waals surface area contributed by atoms with Crippen molar-refractivity contribution in [3.63, 3.8) is 0 Å². The van der Waals surface area contributed by atoms with Crippen LogP contribution < -0.4 is 0 Å². The lowest BCUT2D eigenvalue weighted by Gasteiger charge is -2.05. The summed E-state index contributed by atoms with van der Waals surface area (Å²) in [5.41, 5.74) is 1.78. The van der Waals surface area contributed by atoms with Gasteiger partial charge in [0.05, 0.1) is 4.90 Å². The van der Waals surface area contributed by atoms with Gasteiger partial charge in [0.15, 0.2) is 5.76 Å². The number of rotatable bonds is 4. The van der Waals surface area contributed by atoms with Crippen molar-refractivity contribution in [2.24, 2.45) is 0 Å². The van der Waals surface area contributed by atoms with Crippen LogP contribution in [0, 0.1) is 6.92 Å². The summed E-state index contributed by atoms with van der Waals surface area (Å²) in [4.78, 5) is 0.508. The summed E-state index contributed by atoms with van der Waals surface area (Å²) in [6.07, 6.45) is 0.642. The first kappa shape index (κ1) is 15.6. The molecule has 23 heavy (non-hydrogen) atoms. The van der Waals surface area contributed by atoms with Gasteiger partial charge >= 0.3 is 0 Å². The van der Waals surface area contributed by atoms with Gasteiger partial charge in [-0.25, -0.2) is 8.42 Å². The predicted octanol–water partition coefficient (Wildman–Crippen LogP) is 4.65. The standard InChI is InChI=1S/C19H18O3S/c1-3-16-13-18(19(22-16)15-7-5-4-6-8-15)23(20,21)17-11-9-14(2)10-12-17/h4-13H,3H2,1-2H3. The Balaban J connectivity index is 2.19. The Morgan fingerprint density at radius 2 is 1.61 bits per heavy atom. The number of sulfone groups is 1. The fourth-order valence-electron chi connectivity index (χ4n) is 2.43. The maximum Gasteiger partial charge on any atom is 0.210 e. The molecule has 0 saturated carbocycles. The van der Waals surface area contributed by atoms with Crippen LogP contribution in [0.2, 0.25) is 0 Å². The van der Waals surface area contributed by atoms with Crippen LogP contribution in [0.1, 0.15) is 18.2 Å². The molecule has 3 aromatic rings. The highest BCUT2D eigenvalue weighted by atomic mass is 32.2. The third-order valence-corrected chi connectivity index (χ3v) is 5.53. The monoisotopic (exact) mass is 326 g/mol. The van der Waals surface area contributed by atoms with Gasteiger partial charge in [0.1, 0.15) is 10.7 Å². The van der Waals surface area contributed by atoms with Crippen molar-refractivity contribution in [1.82, 2.24) is 0 Å². The molecule has 0 atom stereocenters. The molecule has 118 valence electrons. The number of hydrogen-bond acceptors (Lipinski definition) is 3. The summed E-state index contributed by atoms with van der Waals surface area (Å²) in [5, 5.41) is 0. The van der Waals surface area contributed by atoms with E-state index in [-0.39, 0.29) is 9.79 Å². The Bertz CT molecular complexity index is 905. The number of furan rings is 1. The highest BCUT2D eigenvalue weighted by molar-refractivity contribution is 7.91. The van der Waals surface area contributed by atoms with Gasteiger partial charge in [-0.05, 0) is 25.1 Å². The quantitative estimate of drug-likeness (QED) is 0.701. The van der Waals surface area contributed by atoms with E-state index in [0.29, 0.717) is 17.9 Å². The topological polar surface area (TPSA) is 47.3 Å². The van der Waals surface area contributed by atoms with Gasteiger partial charge in [-0.1, -0.05) is 55.0 Å². The first-order valence-corrected chi connectivity index (χ1v) is 9.00. The van der Waals surface area contributed by atoms with Crippen molar-refractivity contribution in [3.8, 4) is 11.3 Å². The Kier molecular flexibility index (Phi) is 4.09. The summed E-state index contributed by atoms with van der Waals surface area (Å²) in [6.45, 7) is 3.87. The van der Waals surface area contributed by atoms with E-state index in [1.807, 2.05) is 44.2 Å². The lowest BCUT2D eigenvalue weighted by atomic mass is 10.2. The zero-order valence-corrected chi connectivity index (χ0v) is 13.9. The van der Waals surface area contributed by atoms with Crippen LogP contribution in [0.25, 0.3) is 11.3 Å². The molecule has 4 heteroatoms. The maximum absolute atomic E-state index is 13.0. The Labute approximate surface area is 136 Å². The van der Waals surface area contributed by atoms with Crippen molar-refractivity contribution in [3.05, 3.63) is 72.0 Å². The maximum atomic E-state index is 13.0. The van der Waals surface area contributed by atoms with Crippen molar-refractivity contribution >= 4 is 9.84 Å². The highest BCUT2D eigenvalue weighted by Crippen LogP contribution is 2.34. The zero-order valence-electron chi connectivity index (χ0n) is 13.1. The van der Waals surface area contributed by atoms with Gasteiger partial charge in [0.25, 0.3) is 0 Å². The van der Waals surface area contributed by atoms with Gasteiger partial charge < -0.3 is 4.42 Å². The van der Waals surface area contributed by atoms with Gasteiger partial charge in [0.2, 0.25) is 9.84 Å². The number of aryl methyl sites for hydroxylation is 2. The molecule has 3 rings (SSSR count). The molecule has 0 bridgehead atoms. The van der Waals surface area contributed by atoms with Gasteiger partial charge in [-0.15, -0.1) is 0 Å². The molecular formula is C19H18O3S. The van der Waals surface area contributed by atoms with Gasteiger partial charge in [0, 0.05) is 12.0 Å².